The first-order valence-electron chi connectivity index (χ1n) is 16.6. The van der Waals surface area contributed by atoms with Crippen molar-refractivity contribution in [2.24, 2.45) is 5.41 Å². The highest BCUT2D eigenvalue weighted by molar-refractivity contribution is 6.05. The Labute approximate surface area is 280 Å². The highest BCUT2D eigenvalue weighted by Gasteiger charge is 2.46. The standard InChI is InChI=1S/C39H47N3O2.C2H6.2H2/c1-28(2)24-36(42(5)6)27-39(26-33-18-19-34-8-7-9-35(34)25-33,37(43)40-22-20-31-14-10-29(3)11-15-31)38(44)41-23-21-32-16-12-30(4)13-17-32;1-2;;/h7,9-19,24-25H,1,8,20-23,26-27H2,2-6H3,(H,40,43)(H,41,44);1-2H3;2*1H/b36-24-;;;. The number of hydrogen-bond donors (Lipinski definition) is 2. The molecule has 0 unspecified atom stereocenters. The fourth-order valence-corrected chi connectivity index (χ4v) is 5.66. The van der Waals surface area contributed by atoms with Crippen molar-refractivity contribution in [1.82, 2.24) is 15.5 Å². The number of carbonyl (C=O) groups excluding carboxylic acids is 2. The number of allylic oxidation sites excluding steroid dienone is 4. The van der Waals surface area contributed by atoms with Gasteiger partial charge in [0.1, 0.15) is 5.41 Å². The van der Waals surface area contributed by atoms with Gasteiger partial charge in [-0.05, 0) is 80.3 Å². The fourth-order valence-electron chi connectivity index (χ4n) is 5.66. The largest absolute Gasteiger partial charge is 0.381 e. The lowest BCUT2D eigenvalue weighted by atomic mass is 9.74. The molecule has 46 heavy (non-hydrogen) atoms. The normalized spacial score (nSPS) is 12.1. The maximum atomic E-state index is 14.4. The number of fused-ring (bicyclic) bond motifs is 1. The van der Waals surface area contributed by atoms with Crippen LogP contribution in [0.1, 0.15) is 69.0 Å². The van der Waals surface area contributed by atoms with Crippen LogP contribution in [0, 0.1) is 19.3 Å². The lowest BCUT2D eigenvalue weighted by Gasteiger charge is -2.34. The Bertz CT molecular complexity index is 1480. The lowest BCUT2D eigenvalue weighted by Crippen LogP contribution is -2.54. The summed E-state index contributed by atoms with van der Waals surface area (Å²) in [5.74, 6) is -0.522. The Morgan fingerprint density at radius 1 is 0.848 bits per heavy atom. The second-order valence-corrected chi connectivity index (χ2v) is 12.4. The predicted octanol–water partition coefficient (Wildman–Crippen LogP) is 8.05. The van der Waals surface area contributed by atoms with Crippen molar-refractivity contribution in [1.29, 1.82) is 0 Å². The van der Waals surface area contributed by atoms with Crippen molar-refractivity contribution in [2.75, 3.05) is 27.2 Å². The van der Waals surface area contributed by atoms with Crippen LogP contribution in [-0.2, 0) is 35.3 Å². The van der Waals surface area contributed by atoms with E-state index < -0.39 is 5.41 Å². The van der Waals surface area contributed by atoms with Crippen molar-refractivity contribution < 1.29 is 12.4 Å². The van der Waals surface area contributed by atoms with Gasteiger partial charge in [0.15, 0.2) is 0 Å². The highest BCUT2D eigenvalue weighted by atomic mass is 16.2. The van der Waals surface area contributed by atoms with Gasteiger partial charge in [0, 0.05) is 42.2 Å². The number of nitrogens with one attached hydrogen (secondary N) is 2. The van der Waals surface area contributed by atoms with Crippen LogP contribution in [0.2, 0.25) is 0 Å². The molecule has 0 atom stereocenters. The van der Waals surface area contributed by atoms with Crippen LogP contribution in [0.4, 0.5) is 0 Å². The summed E-state index contributed by atoms with van der Waals surface area (Å²) in [5.41, 5.74) is 8.44. The second kappa shape index (κ2) is 17.4. The third-order valence-corrected chi connectivity index (χ3v) is 8.33. The summed E-state index contributed by atoms with van der Waals surface area (Å²) in [5, 5.41) is 6.34. The maximum Gasteiger partial charge on any atom is 0.236 e. The quantitative estimate of drug-likeness (QED) is 0.141. The van der Waals surface area contributed by atoms with E-state index in [-0.39, 0.29) is 27.5 Å². The fraction of sp³-hybridized carbons (Fsp3) is 0.366. The molecule has 3 aromatic carbocycles. The maximum absolute atomic E-state index is 14.4. The van der Waals surface area contributed by atoms with Gasteiger partial charge < -0.3 is 15.5 Å². The summed E-state index contributed by atoms with van der Waals surface area (Å²) in [6, 6.07) is 23.0. The van der Waals surface area contributed by atoms with E-state index in [0.29, 0.717) is 25.9 Å². The van der Waals surface area contributed by atoms with E-state index in [0.717, 1.165) is 39.9 Å². The van der Waals surface area contributed by atoms with Crippen LogP contribution in [-0.4, -0.2) is 43.9 Å². The molecule has 2 amide bonds. The molecular weight excluding hydrogens is 566 g/mol. The van der Waals surface area contributed by atoms with Gasteiger partial charge in [-0.25, -0.2) is 0 Å². The van der Waals surface area contributed by atoms with E-state index in [4.69, 9.17) is 0 Å². The van der Waals surface area contributed by atoms with Crippen molar-refractivity contribution in [3.63, 3.8) is 0 Å². The van der Waals surface area contributed by atoms with E-state index in [9.17, 15) is 9.59 Å². The van der Waals surface area contributed by atoms with Gasteiger partial charge in [0.2, 0.25) is 11.8 Å². The number of carbonyl (C=O) groups is 2. The molecule has 0 radical (unpaired) electrons. The number of rotatable bonds is 14. The molecule has 0 aliphatic heterocycles. The van der Waals surface area contributed by atoms with E-state index in [1.807, 2.05) is 45.8 Å². The molecule has 2 N–H and O–H groups in total. The summed E-state index contributed by atoms with van der Waals surface area (Å²) < 4.78 is 0. The third-order valence-electron chi connectivity index (χ3n) is 8.33. The highest BCUT2D eigenvalue weighted by Crippen LogP contribution is 2.35. The van der Waals surface area contributed by atoms with Crippen LogP contribution in [0.5, 0.6) is 0 Å². The van der Waals surface area contributed by atoms with E-state index in [1.54, 1.807) is 0 Å². The van der Waals surface area contributed by atoms with Crippen LogP contribution >= 0.6 is 0 Å². The molecule has 1 aliphatic carbocycles. The molecule has 0 heterocycles. The Balaban J connectivity index is 0.00000283. The van der Waals surface area contributed by atoms with Crippen molar-refractivity contribution in [3.8, 4) is 0 Å². The first kappa shape index (κ1) is 36.1. The molecule has 5 heteroatoms. The average molecular weight is 624 g/mol. The summed E-state index contributed by atoms with van der Waals surface area (Å²) in [7, 11) is 3.90. The van der Waals surface area contributed by atoms with Crippen molar-refractivity contribution in [2.45, 2.75) is 66.7 Å². The molecule has 0 bridgehead atoms. The van der Waals surface area contributed by atoms with Crippen molar-refractivity contribution in [3.05, 3.63) is 136 Å². The minimum Gasteiger partial charge on any atom is -0.381 e. The van der Waals surface area contributed by atoms with Crippen molar-refractivity contribution >= 4 is 17.9 Å². The van der Waals surface area contributed by atoms with E-state index in [2.05, 4.69) is 110 Å². The minimum absolute atomic E-state index is 0. The molecule has 0 spiro atoms. The average Bonchev–Trinajstić information content (AvgIpc) is 3.51. The lowest BCUT2D eigenvalue weighted by molar-refractivity contribution is -0.144. The van der Waals surface area contributed by atoms with Crippen LogP contribution < -0.4 is 10.6 Å². The Hall–Kier alpha value is -4.38. The summed E-state index contributed by atoms with van der Waals surface area (Å²) in [4.78, 5) is 30.9. The molecule has 248 valence electrons. The predicted molar refractivity (Wildman–Crippen MR) is 198 cm³/mol. The Kier molecular flexibility index (Phi) is 13.6. The van der Waals surface area contributed by atoms with Gasteiger partial charge in [0.05, 0.1) is 0 Å². The number of nitrogens with zero attached hydrogens (tertiary/aromatic N) is 1. The molecule has 0 fully saturated rings. The second-order valence-electron chi connectivity index (χ2n) is 12.4. The van der Waals surface area contributed by atoms with E-state index >= 15 is 0 Å². The Morgan fingerprint density at radius 2 is 1.35 bits per heavy atom. The molecule has 0 aromatic heterocycles. The number of aryl methyl sites for hydroxylation is 2. The first-order chi connectivity index (χ1) is 22.1. The topological polar surface area (TPSA) is 61.4 Å². The van der Waals surface area contributed by atoms with Gasteiger partial charge in [0.25, 0.3) is 0 Å². The van der Waals surface area contributed by atoms with Gasteiger partial charge in [-0.3, -0.25) is 9.59 Å². The molecule has 0 saturated carbocycles. The number of benzene rings is 3. The SMILES string of the molecule is C=C(C)/C=C(/CC(Cc1ccc2c(c1)C=CC2)(C(=O)NCCc1ccc(C)cc1)C(=O)NCCc1ccc(C)cc1)N(C)C.CC.[HH].[HH]. The summed E-state index contributed by atoms with van der Waals surface area (Å²) in [6.07, 6.45) is 9.04. The third kappa shape index (κ3) is 10.1. The molecule has 1 aliphatic rings. The van der Waals surface area contributed by atoms with Crippen LogP contribution in [0.25, 0.3) is 6.08 Å². The van der Waals surface area contributed by atoms with Gasteiger partial charge in [-0.2, -0.15) is 0 Å². The Morgan fingerprint density at radius 3 is 1.83 bits per heavy atom. The number of amides is 2. The molecular formula is C41H57N3O2. The van der Waals surface area contributed by atoms with E-state index in [1.165, 1.54) is 16.7 Å². The zero-order valence-electron chi connectivity index (χ0n) is 29.0. The zero-order chi connectivity index (χ0) is 33.7. The monoisotopic (exact) mass is 623 g/mol. The summed E-state index contributed by atoms with van der Waals surface area (Å²) >= 11 is 0. The summed E-state index contributed by atoms with van der Waals surface area (Å²) in [6.45, 7) is 15.0. The van der Waals surface area contributed by atoms with Gasteiger partial charge in [-0.15, -0.1) is 0 Å². The zero-order valence-corrected chi connectivity index (χ0v) is 29.0. The van der Waals surface area contributed by atoms with Gasteiger partial charge >= 0.3 is 0 Å². The minimum atomic E-state index is -1.37. The number of hydrogen-bond acceptors (Lipinski definition) is 3. The first-order valence-corrected chi connectivity index (χ1v) is 16.6. The smallest absolute Gasteiger partial charge is 0.236 e. The molecule has 4 rings (SSSR count). The van der Waals surface area contributed by atoms with Gasteiger partial charge in [-0.1, -0.05) is 116 Å². The van der Waals surface area contributed by atoms with Crippen LogP contribution in [0.15, 0.2) is 96.7 Å². The molecule has 0 saturated heterocycles. The molecule has 3 aromatic rings. The van der Waals surface area contributed by atoms with Crippen LogP contribution in [0.3, 0.4) is 0 Å². The molecule has 5 nitrogen and oxygen atoms in total.